The Balaban J connectivity index is 2.68. The van der Waals surface area contributed by atoms with Gasteiger partial charge in [-0.1, -0.05) is 6.92 Å². The fraction of sp³-hybridized carbons (Fsp3) is 0.571. The van der Waals surface area contributed by atoms with Crippen LogP contribution >= 0.6 is 11.8 Å². The lowest BCUT2D eigenvalue weighted by atomic mass is 10.0. The molecule has 5 heteroatoms. The Labute approximate surface area is 117 Å². The quantitative estimate of drug-likeness (QED) is 0.745. The van der Waals surface area contributed by atoms with Gasteiger partial charge in [-0.2, -0.15) is 11.8 Å². The molecule has 2 N–H and O–H groups in total. The first-order valence-corrected chi connectivity index (χ1v) is 7.83. The van der Waals surface area contributed by atoms with E-state index in [1.807, 2.05) is 13.2 Å². The van der Waals surface area contributed by atoms with Crippen molar-refractivity contribution in [3.8, 4) is 5.75 Å². The third-order valence-electron chi connectivity index (χ3n) is 2.82. The summed E-state index contributed by atoms with van der Waals surface area (Å²) in [6.07, 6.45) is 3.99. The van der Waals surface area contributed by atoms with Crippen LogP contribution < -0.4 is 10.5 Å². The van der Waals surface area contributed by atoms with Gasteiger partial charge in [0.05, 0.1) is 6.61 Å². The molecule has 0 aliphatic heterocycles. The van der Waals surface area contributed by atoms with Crippen LogP contribution in [0.3, 0.4) is 0 Å². The van der Waals surface area contributed by atoms with Crippen molar-refractivity contribution in [3.63, 3.8) is 0 Å². The smallest absolute Gasteiger partial charge is 0.190 e. The Bertz CT molecular complexity index is 378. The number of rotatable bonds is 8. The van der Waals surface area contributed by atoms with Gasteiger partial charge in [0.2, 0.25) is 0 Å². The van der Waals surface area contributed by atoms with E-state index in [1.165, 1.54) is 12.1 Å². The largest absolute Gasteiger partial charge is 0.488 e. The fourth-order valence-corrected chi connectivity index (χ4v) is 2.10. The van der Waals surface area contributed by atoms with Gasteiger partial charge in [-0.15, -0.1) is 0 Å². The molecule has 1 aromatic carbocycles. The van der Waals surface area contributed by atoms with Crippen molar-refractivity contribution in [2.75, 3.05) is 18.6 Å². The van der Waals surface area contributed by atoms with Crippen LogP contribution in [0.1, 0.15) is 25.3 Å². The maximum atomic E-state index is 13.8. The van der Waals surface area contributed by atoms with Crippen LogP contribution in [-0.2, 0) is 6.42 Å². The van der Waals surface area contributed by atoms with E-state index < -0.39 is 11.6 Å². The van der Waals surface area contributed by atoms with Crippen LogP contribution in [0.4, 0.5) is 8.78 Å². The van der Waals surface area contributed by atoms with Gasteiger partial charge >= 0.3 is 0 Å². The topological polar surface area (TPSA) is 35.2 Å². The number of benzene rings is 1. The molecule has 19 heavy (non-hydrogen) atoms. The van der Waals surface area contributed by atoms with Gasteiger partial charge in [-0.05, 0) is 49.0 Å². The number of hydrogen-bond donors (Lipinski definition) is 1. The predicted molar refractivity (Wildman–Crippen MR) is 76.8 cm³/mol. The van der Waals surface area contributed by atoms with E-state index in [9.17, 15) is 8.78 Å². The van der Waals surface area contributed by atoms with E-state index in [4.69, 9.17) is 10.5 Å². The van der Waals surface area contributed by atoms with E-state index in [0.717, 1.165) is 18.6 Å². The maximum absolute atomic E-state index is 13.8. The average molecular weight is 289 g/mol. The Kier molecular flexibility index (Phi) is 7.16. The third kappa shape index (κ3) is 5.37. The highest BCUT2D eigenvalue weighted by Crippen LogP contribution is 2.24. The van der Waals surface area contributed by atoms with Gasteiger partial charge in [-0.25, -0.2) is 8.78 Å². The van der Waals surface area contributed by atoms with Gasteiger partial charge in [0.1, 0.15) is 0 Å². The van der Waals surface area contributed by atoms with Gasteiger partial charge in [0.15, 0.2) is 17.4 Å². The molecule has 0 spiro atoms. The minimum Gasteiger partial charge on any atom is -0.488 e. The van der Waals surface area contributed by atoms with Crippen LogP contribution in [0.15, 0.2) is 12.1 Å². The van der Waals surface area contributed by atoms with E-state index in [2.05, 4.69) is 0 Å². The molecule has 0 aliphatic rings. The monoisotopic (exact) mass is 289 g/mol. The van der Waals surface area contributed by atoms with Crippen LogP contribution in [0.5, 0.6) is 5.75 Å². The minimum atomic E-state index is -0.651. The first kappa shape index (κ1) is 16.2. The van der Waals surface area contributed by atoms with E-state index in [-0.39, 0.29) is 11.8 Å². The van der Waals surface area contributed by atoms with Gasteiger partial charge in [-0.3, -0.25) is 0 Å². The van der Waals surface area contributed by atoms with Gasteiger partial charge in [0.25, 0.3) is 0 Å². The molecule has 0 bridgehead atoms. The van der Waals surface area contributed by atoms with E-state index >= 15 is 0 Å². The summed E-state index contributed by atoms with van der Waals surface area (Å²) in [5, 5.41) is 0. The van der Waals surface area contributed by atoms with Crippen LogP contribution in [0.25, 0.3) is 0 Å². The molecule has 0 radical (unpaired) electrons. The molecular formula is C14H21F2NOS. The highest BCUT2D eigenvalue weighted by atomic mass is 32.2. The van der Waals surface area contributed by atoms with E-state index in [0.29, 0.717) is 18.6 Å². The molecule has 0 fully saturated rings. The lowest BCUT2D eigenvalue weighted by Gasteiger charge is -2.12. The lowest BCUT2D eigenvalue weighted by Crippen LogP contribution is -2.21. The van der Waals surface area contributed by atoms with Crippen molar-refractivity contribution >= 4 is 11.8 Å². The second-order valence-corrected chi connectivity index (χ2v) is 5.44. The molecule has 1 unspecified atom stereocenters. The van der Waals surface area contributed by atoms with Gasteiger partial charge in [0, 0.05) is 6.04 Å². The molecule has 1 aromatic rings. The molecule has 1 atom stereocenters. The lowest BCUT2D eigenvalue weighted by molar-refractivity contribution is 0.285. The summed E-state index contributed by atoms with van der Waals surface area (Å²) in [7, 11) is 0. The zero-order valence-corrected chi connectivity index (χ0v) is 12.2. The molecule has 2 nitrogen and oxygen atoms in total. The second kappa shape index (κ2) is 8.38. The van der Waals surface area contributed by atoms with Crippen LogP contribution in [0, 0.1) is 11.6 Å². The van der Waals surface area contributed by atoms with Crippen molar-refractivity contribution in [3.05, 3.63) is 29.3 Å². The van der Waals surface area contributed by atoms with Gasteiger partial charge < -0.3 is 10.5 Å². The SMILES string of the molecule is CCC(N)Cc1cc(F)c(OCCCSC)c(F)c1. The zero-order valence-electron chi connectivity index (χ0n) is 11.4. The van der Waals surface area contributed by atoms with Crippen molar-refractivity contribution in [1.82, 2.24) is 0 Å². The molecule has 0 heterocycles. The molecule has 0 amide bonds. The third-order valence-corrected chi connectivity index (χ3v) is 3.52. The van der Waals surface area contributed by atoms with Crippen LogP contribution in [0.2, 0.25) is 0 Å². The Morgan fingerprint density at radius 2 is 1.95 bits per heavy atom. The second-order valence-electron chi connectivity index (χ2n) is 4.46. The number of halogens is 2. The molecule has 0 aromatic heterocycles. The number of thioether (sulfide) groups is 1. The van der Waals surface area contributed by atoms with Crippen molar-refractivity contribution in [1.29, 1.82) is 0 Å². The summed E-state index contributed by atoms with van der Waals surface area (Å²) in [4.78, 5) is 0. The minimum absolute atomic E-state index is 0.0767. The van der Waals surface area contributed by atoms with Crippen LogP contribution in [-0.4, -0.2) is 24.7 Å². The Hall–Kier alpha value is -0.810. The molecule has 108 valence electrons. The van der Waals surface area contributed by atoms with Crippen molar-refractivity contribution in [2.24, 2.45) is 5.73 Å². The summed E-state index contributed by atoms with van der Waals surface area (Å²) in [6.45, 7) is 2.27. The number of hydrogen-bond acceptors (Lipinski definition) is 3. The fourth-order valence-electron chi connectivity index (χ4n) is 1.69. The standard InChI is InChI=1S/C14H21F2NOS/c1-3-11(17)7-10-8-12(15)14(13(16)9-10)18-5-4-6-19-2/h8-9,11H,3-7,17H2,1-2H3. The molecule has 0 saturated heterocycles. The van der Waals surface area contributed by atoms with Crippen molar-refractivity contribution < 1.29 is 13.5 Å². The highest BCUT2D eigenvalue weighted by molar-refractivity contribution is 7.98. The normalized spacial score (nSPS) is 12.5. The summed E-state index contributed by atoms with van der Waals surface area (Å²) >= 11 is 1.68. The number of nitrogens with two attached hydrogens (primary N) is 1. The first-order chi connectivity index (χ1) is 9.08. The molecular weight excluding hydrogens is 268 g/mol. The molecule has 1 rings (SSSR count). The zero-order chi connectivity index (χ0) is 14.3. The first-order valence-electron chi connectivity index (χ1n) is 6.43. The highest BCUT2D eigenvalue weighted by Gasteiger charge is 2.13. The predicted octanol–water partition coefficient (Wildman–Crippen LogP) is 3.38. The van der Waals surface area contributed by atoms with E-state index in [1.54, 1.807) is 11.8 Å². The molecule has 0 saturated carbocycles. The summed E-state index contributed by atoms with van der Waals surface area (Å²) < 4.78 is 32.7. The molecule has 0 aliphatic carbocycles. The summed E-state index contributed by atoms with van der Waals surface area (Å²) in [5.74, 6) is -0.674. The average Bonchev–Trinajstić information content (AvgIpc) is 2.37. The van der Waals surface area contributed by atoms with Crippen molar-refractivity contribution in [2.45, 2.75) is 32.2 Å². The maximum Gasteiger partial charge on any atom is 0.190 e. The summed E-state index contributed by atoms with van der Waals surface area (Å²) in [5.41, 5.74) is 6.35. The number of ether oxygens (including phenoxy) is 1. The Morgan fingerprint density at radius 1 is 1.32 bits per heavy atom. The summed E-state index contributed by atoms with van der Waals surface area (Å²) in [6, 6.07) is 2.54. The Morgan fingerprint density at radius 3 is 2.47 bits per heavy atom.